The summed E-state index contributed by atoms with van der Waals surface area (Å²) in [6.07, 6.45) is 15.4. The Bertz CT molecular complexity index is 787. The van der Waals surface area contributed by atoms with E-state index in [0.29, 0.717) is 0 Å². The second-order valence-corrected chi connectivity index (χ2v) is 39.1. The molecule has 0 unspecified atom stereocenters. The molecule has 0 aromatic heterocycles. The second-order valence-electron chi connectivity index (χ2n) is 12.5. The summed E-state index contributed by atoms with van der Waals surface area (Å²) in [6.45, 7) is 14.2. The molecule has 0 saturated carbocycles. The third-order valence-corrected chi connectivity index (χ3v) is 48.2. The molecular weight excluding hydrogens is 682 g/mol. The average molecular weight is 747 g/mol. The number of rotatable bonds is 24. The first-order chi connectivity index (χ1) is 20.0. The number of unbranched alkanes of at least 4 members (excludes halogenated alkanes) is 6. The van der Waals surface area contributed by atoms with Gasteiger partial charge in [-0.2, -0.15) is 0 Å². The standard InChI is InChI=1S/C36H64Ge3O2/c1-7-13-29-37(30-14-8-2,31-15-9-3)40-39(35-25-21-19-22-26-35,36-27-23-20-24-28-36)41-38(32-16-10-4,33-17-11-5)34-18-12-6/h19-28H,7-18,29-34H2,1-6H3. The van der Waals surface area contributed by atoms with Crippen molar-refractivity contribution in [1.82, 2.24) is 0 Å². The van der Waals surface area contributed by atoms with Crippen LogP contribution in [-0.2, 0) is 5.58 Å². The normalized spacial score (nSPS) is 12.6. The summed E-state index contributed by atoms with van der Waals surface area (Å²) >= 11 is -9.21. The Morgan fingerprint density at radius 1 is 0.390 bits per heavy atom. The zero-order valence-corrected chi connectivity index (χ0v) is 34.1. The van der Waals surface area contributed by atoms with E-state index in [0.717, 1.165) is 0 Å². The third-order valence-electron chi connectivity index (χ3n) is 8.94. The molecule has 232 valence electrons. The van der Waals surface area contributed by atoms with Crippen molar-refractivity contribution >= 4 is 49.9 Å². The van der Waals surface area contributed by atoms with Gasteiger partial charge in [0.05, 0.1) is 0 Å². The predicted molar refractivity (Wildman–Crippen MR) is 190 cm³/mol. The molecule has 41 heavy (non-hydrogen) atoms. The van der Waals surface area contributed by atoms with Crippen LogP contribution in [0.4, 0.5) is 0 Å². The number of hydrogen-bond donors (Lipinski definition) is 0. The quantitative estimate of drug-likeness (QED) is 0.0996. The molecule has 0 radical (unpaired) electrons. The van der Waals surface area contributed by atoms with Crippen LogP contribution >= 0.6 is 0 Å². The second kappa shape index (κ2) is 20.9. The van der Waals surface area contributed by atoms with Crippen LogP contribution in [0, 0.1) is 0 Å². The van der Waals surface area contributed by atoms with E-state index >= 15 is 0 Å². The maximum atomic E-state index is 8.30. The van der Waals surface area contributed by atoms with Gasteiger partial charge in [-0.1, -0.05) is 0 Å². The van der Waals surface area contributed by atoms with Crippen LogP contribution in [0.2, 0.25) is 31.5 Å². The van der Waals surface area contributed by atoms with Gasteiger partial charge in [0.25, 0.3) is 0 Å². The number of benzene rings is 2. The Balaban J connectivity index is 2.87. The monoisotopic (exact) mass is 750 g/mol. The van der Waals surface area contributed by atoms with Crippen molar-refractivity contribution in [2.45, 2.75) is 150 Å². The van der Waals surface area contributed by atoms with Gasteiger partial charge >= 0.3 is 266 Å². The first kappa shape index (κ1) is 37.2. The van der Waals surface area contributed by atoms with E-state index in [1.807, 2.05) is 0 Å². The van der Waals surface area contributed by atoms with Crippen molar-refractivity contribution in [1.29, 1.82) is 0 Å². The molecular formula is C36H64Ge3O2. The van der Waals surface area contributed by atoms with E-state index in [9.17, 15) is 0 Å². The van der Waals surface area contributed by atoms with E-state index in [4.69, 9.17) is 5.58 Å². The van der Waals surface area contributed by atoms with Gasteiger partial charge in [-0.05, 0) is 0 Å². The zero-order valence-electron chi connectivity index (χ0n) is 27.8. The summed E-state index contributed by atoms with van der Waals surface area (Å²) < 4.78 is 19.4. The van der Waals surface area contributed by atoms with Gasteiger partial charge in [0, 0.05) is 0 Å². The van der Waals surface area contributed by atoms with Crippen molar-refractivity contribution in [3.05, 3.63) is 60.7 Å². The van der Waals surface area contributed by atoms with Crippen molar-refractivity contribution in [3.63, 3.8) is 0 Å². The topological polar surface area (TPSA) is 18.5 Å². The molecule has 0 aliphatic rings. The molecule has 0 aliphatic carbocycles. The fraction of sp³-hybridized carbons (Fsp3) is 0.667. The molecule has 0 bridgehead atoms. The molecule has 0 fully saturated rings. The molecule has 5 heteroatoms. The minimum atomic E-state index is -3.71. The molecule has 0 atom stereocenters. The van der Waals surface area contributed by atoms with Gasteiger partial charge in [0.1, 0.15) is 0 Å². The van der Waals surface area contributed by atoms with Crippen LogP contribution in [0.3, 0.4) is 0 Å². The molecule has 0 spiro atoms. The van der Waals surface area contributed by atoms with Crippen molar-refractivity contribution < 1.29 is 5.58 Å². The predicted octanol–water partition coefficient (Wildman–Crippen LogP) is 11.0. The van der Waals surface area contributed by atoms with Crippen molar-refractivity contribution in [2.24, 2.45) is 0 Å². The summed E-state index contributed by atoms with van der Waals surface area (Å²) in [7, 11) is 0. The summed E-state index contributed by atoms with van der Waals surface area (Å²) in [5, 5.41) is 8.03. The SMILES string of the molecule is CCC[CH2][Ge]([CH2]CCC)([CH2]CCC)[O][Ge]([O][Ge]([CH2]CCC)([CH2]CCC)[CH2]CCC)([c]1ccccc1)[c]1ccccc1. The van der Waals surface area contributed by atoms with Crippen LogP contribution in [0.1, 0.15) is 119 Å². The van der Waals surface area contributed by atoms with Gasteiger partial charge in [0.15, 0.2) is 0 Å². The van der Waals surface area contributed by atoms with Gasteiger partial charge in [-0.3, -0.25) is 0 Å². The first-order valence-corrected chi connectivity index (χ1v) is 31.9. The van der Waals surface area contributed by atoms with Crippen LogP contribution in [0.15, 0.2) is 60.7 Å². The fourth-order valence-electron chi connectivity index (χ4n) is 6.40. The van der Waals surface area contributed by atoms with Gasteiger partial charge in [0.2, 0.25) is 0 Å². The van der Waals surface area contributed by atoms with E-state index in [1.54, 1.807) is 0 Å². The Labute approximate surface area is 264 Å². The summed E-state index contributed by atoms with van der Waals surface area (Å²) in [5.74, 6) is 0. The van der Waals surface area contributed by atoms with Crippen LogP contribution in [-0.4, -0.2) is 41.1 Å². The molecule has 2 nitrogen and oxygen atoms in total. The minimum absolute atomic E-state index is 1.26. The Morgan fingerprint density at radius 2 is 0.634 bits per heavy atom. The Morgan fingerprint density at radius 3 is 0.854 bits per heavy atom. The van der Waals surface area contributed by atoms with E-state index in [1.165, 1.54) is 117 Å². The first-order valence-electron chi connectivity index (χ1n) is 17.5. The third kappa shape index (κ3) is 11.8. The maximum absolute atomic E-state index is 8.30. The molecule has 0 aliphatic heterocycles. The van der Waals surface area contributed by atoms with Crippen molar-refractivity contribution in [2.75, 3.05) is 0 Å². The van der Waals surface area contributed by atoms with Crippen molar-refractivity contribution in [3.8, 4) is 0 Å². The van der Waals surface area contributed by atoms with Crippen LogP contribution in [0.25, 0.3) is 0 Å². The van der Waals surface area contributed by atoms with Crippen LogP contribution in [0.5, 0.6) is 0 Å². The van der Waals surface area contributed by atoms with Gasteiger partial charge < -0.3 is 0 Å². The molecule has 0 saturated heterocycles. The average Bonchev–Trinajstić information content (AvgIpc) is 3.02. The molecule has 2 rings (SSSR count). The fourth-order valence-corrected chi connectivity index (χ4v) is 58.3. The zero-order chi connectivity index (χ0) is 29.9. The van der Waals surface area contributed by atoms with E-state index in [-0.39, 0.29) is 0 Å². The summed E-state index contributed by atoms with van der Waals surface area (Å²) in [4.78, 5) is 0. The van der Waals surface area contributed by atoms with Gasteiger partial charge in [-0.15, -0.1) is 0 Å². The van der Waals surface area contributed by atoms with Gasteiger partial charge in [-0.25, -0.2) is 0 Å². The molecule has 2 aromatic rings. The van der Waals surface area contributed by atoms with E-state index < -0.39 is 41.1 Å². The molecule has 0 heterocycles. The summed E-state index contributed by atoms with van der Waals surface area (Å²) in [5.41, 5.74) is 0. The van der Waals surface area contributed by atoms with E-state index in [2.05, 4.69) is 102 Å². The summed E-state index contributed by atoms with van der Waals surface area (Å²) in [6, 6.07) is 23.0. The Hall–Kier alpha value is -0.0114. The molecule has 2 aromatic carbocycles. The molecule has 0 amide bonds. The Kier molecular flexibility index (Phi) is 18.9. The van der Waals surface area contributed by atoms with Crippen LogP contribution < -0.4 is 8.79 Å². The number of hydrogen-bond acceptors (Lipinski definition) is 2. The molecule has 0 N–H and O–H groups in total.